The summed E-state index contributed by atoms with van der Waals surface area (Å²) in [5, 5.41) is 3.11. The Morgan fingerprint density at radius 1 is 1.00 bits per heavy atom. The van der Waals surface area contributed by atoms with E-state index in [2.05, 4.69) is 29.4 Å². The van der Waals surface area contributed by atoms with Gasteiger partial charge in [0.2, 0.25) is 0 Å². The van der Waals surface area contributed by atoms with Crippen LogP contribution >= 0.6 is 0 Å². The molecule has 0 saturated carbocycles. The van der Waals surface area contributed by atoms with E-state index in [1.807, 2.05) is 18.2 Å². The molecule has 2 rings (SSSR count). The molecule has 0 aliphatic rings. The van der Waals surface area contributed by atoms with Crippen LogP contribution in [0.15, 0.2) is 41.4 Å². The fraction of sp³-hybridized carbons (Fsp3) is 0.316. The molecule has 0 aromatic heterocycles. The van der Waals surface area contributed by atoms with Crippen molar-refractivity contribution in [2.45, 2.75) is 19.9 Å². The Hall–Kier alpha value is -2.89. The first-order valence-corrected chi connectivity index (χ1v) is 8.06. The van der Waals surface area contributed by atoms with Gasteiger partial charge in [-0.25, -0.2) is 4.99 Å². The number of ether oxygens (including phenoxy) is 3. The molecule has 0 unspecified atom stereocenters. The monoisotopic (exact) mass is 343 g/mol. The van der Waals surface area contributed by atoms with Crippen molar-refractivity contribution in [3.8, 4) is 17.2 Å². The van der Waals surface area contributed by atoms with Gasteiger partial charge in [-0.1, -0.05) is 19.1 Å². The van der Waals surface area contributed by atoms with Gasteiger partial charge < -0.3 is 25.3 Å². The van der Waals surface area contributed by atoms with E-state index in [0.717, 1.165) is 17.7 Å². The highest BCUT2D eigenvalue weighted by Gasteiger charge is 2.11. The van der Waals surface area contributed by atoms with Crippen LogP contribution in [0.4, 0.5) is 5.69 Å². The summed E-state index contributed by atoms with van der Waals surface area (Å²) in [6.07, 6.45) is 0.968. The van der Waals surface area contributed by atoms with Gasteiger partial charge in [-0.15, -0.1) is 0 Å². The normalized spacial score (nSPS) is 11.1. The smallest absolute Gasteiger partial charge is 0.193 e. The van der Waals surface area contributed by atoms with Crippen LogP contribution in [0.2, 0.25) is 0 Å². The third kappa shape index (κ3) is 4.79. The van der Waals surface area contributed by atoms with Crippen LogP contribution in [0.25, 0.3) is 0 Å². The van der Waals surface area contributed by atoms with E-state index in [4.69, 9.17) is 19.9 Å². The van der Waals surface area contributed by atoms with Crippen molar-refractivity contribution in [1.29, 1.82) is 0 Å². The molecule has 134 valence electrons. The Labute approximate surface area is 148 Å². The van der Waals surface area contributed by atoms with Crippen LogP contribution in [0, 0.1) is 0 Å². The summed E-state index contributed by atoms with van der Waals surface area (Å²) in [7, 11) is 4.78. The summed E-state index contributed by atoms with van der Waals surface area (Å²) in [6.45, 7) is 2.47. The topological polar surface area (TPSA) is 78.1 Å². The number of benzene rings is 2. The molecule has 2 aromatic carbocycles. The number of rotatable bonds is 7. The molecule has 0 saturated heterocycles. The highest BCUT2D eigenvalue weighted by Crippen LogP contribution is 2.34. The predicted octanol–water partition coefficient (Wildman–Crippen LogP) is 3.20. The molecule has 0 bridgehead atoms. The maximum Gasteiger partial charge on any atom is 0.193 e. The first-order chi connectivity index (χ1) is 12.1. The summed E-state index contributed by atoms with van der Waals surface area (Å²) in [5.41, 5.74) is 9.01. The van der Waals surface area contributed by atoms with Gasteiger partial charge in [0, 0.05) is 17.3 Å². The predicted molar refractivity (Wildman–Crippen MR) is 101 cm³/mol. The average Bonchev–Trinajstić information content (AvgIpc) is 2.65. The number of aliphatic imine (C=N–C) groups is 1. The minimum absolute atomic E-state index is 0.338. The average molecular weight is 343 g/mol. The summed E-state index contributed by atoms with van der Waals surface area (Å²) < 4.78 is 16.0. The molecule has 0 radical (unpaired) electrons. The van der Waals surface area contributed by atoms with Gasteiger partial charge in [0.15, 0.2) is 17.5 Å². The van der Waals surface area contributed by atoms with Crippen LogP contribution in [0.5, 0.6) is 17.2 Å². The number of hydrogen-bond acceptors (Lipinski definition) is 4. The van der Waals surface area contributed by atoms with E-state index in [1.165, 1.54) is 5.56 Å². The number of hydrogen-bond donors (Lipinski definition) is 2. The van der Waals surface area contributed by atoms with Gasteiger partial charge in [0.25, 0.3) is 0 Å². The number of nitrogens with two attached hydrogens (primary N) is 1. The van der Waals surface area contributed by atoms with Crippen molar-refractivity contribution in [2.75, 3.05) is 26.6 Å². The van der Waals surface area contributed by atoms with Crippen LogP contribution < -0.4 is 25.3 Å². The lowest BCUT2D eigenvalue weighted by Crippen LogP contribution is -2.22. The van der Waals surface area contributed by atoms with Crippen molar-refractivity contribution in [2.24, 2.45) is 10.7 Å². The van der Waals surface area contributed by atoms with E-state index in [9.17, 15) is 0 Å². The minimum Gasteiger partial charge on any atom is -0.496 e. The summed E-state index contributed by atoms with van der Waals surface area (Å²) in [4.78, 5) is 4.39. The van der Waals surface area contributed by atoms with Crippen LogP contribution in [0.1, 0.15) is 18.1 Å². The van der Waals surface area contributed by atoms with Crippen molar-refractivity contribution in [1.82, 2.24) is 0 Å². The largest absolute Gasteiger partial charge is 0.496 e. The van der Waals surface area contributed by atoms with E-state index < -0.39 is 0 Å². The lowest BCUT2D eigenvalue weighted by molar-refractivity contribution is 0.347. The fourth-order valence-electron chi connectivity index (χ4n) is 2.44. The second-order valence-corrected chi connectivity index (χ2v) is 5.40. The maximum absolute atomic E-state index is 6.01. The van der Waals surface area contributed by atoms with Crippen molar-refractivity contribution < 1.29 is 14.2 Å². The summed E-state index contributed by atoms with van der Waals surface area (Å²) in [6, 6.07) is 11.7. The van der Waals surface area contributed by atoms with Gasteiger partial charge in [-0.3, -0.25) is 0 Å². The standard InChI is InChI=1S/C19H25N3O3/c1-5-13-7-6-8-15(9-13)22-19(20)21-12-14-10-17(24-3)18(25-4)11-16(14)23-2/h6-11H,5,12H2,1-4H3,(H3,20,21,22). The maximum atomic E-state index is 6.01. The molecule has 0 amide bonds. The lowest BCUT2D eigenvalue weighted by Gasteiger charge is -2.13. The highest BCUT2D eigenvalue weighted by atomic mass is 16.5. The van der Waals surface area contributed by atoms with Crippen molar-refractivity contribution in [3.63, 3.8) is 0 Å². The first-order valence-electron chi connectivity index (χ1n) is 8.06. The van der Waals surface area contributed by atoms with Crippen molar-refractivity contribution in [3.05, 3.63) is 47.5 Å². The third-order valence-electron chi connectivity index (χ3n) is 3.81. The molecule has 25 heavy (non-hydrogen) atoms. The van der Waals surface area contributed by atoms with Gasteiger partial charge in [-0.05, 0) is 30.2 Å². The number of nitrogens with zero attached hydrogens (tertiary/aromatic N) is 1. The molecule has 2 aromatic rings. The number of methoxy groups -OCH3 is 3. The van der Waals surface area contributed by atoms with Gasteiger partial charge in [0.05, 0.1) is 27.9 Å². The zero-order valence-electron chi connectivity index (χ0n) is 15.1. The number of aryl methyl sites for hydroxylation is 1. The van der Waals surface area contributed by atoms with E-state index >= 15 is 0 Å². The SMILES string of the molecule is CCc1cccc(NC(N)=NCc2cc(OC)c(OC)cc2OC)c1. The Kier molecular flexibility index (Phi) is 6.51. The molecule has 6 heteroatoms. The summed E-state index contributed by atoms with van der Waals surface area (Å²) in [5.74, 6) is 2.23. The molecular formula is C19H25N3O3. The van der Waals surface area contributed by atoms with Crippen LogP contribution in [-0.4, -0.2) is 27.3 Å². The van der Waals surface area contributed by atoms with Gasteiger partial charge >= 0.3 is 0 Å². The Bertz CT molecular complexity index is 745. The summed E-state index contributed by atoms with van der Waals surface area (Å²) >= 11 is 0. The third-order valence-corrected chi connectivity index (χ3v) is 3.81. The minimum atomic E-state index is 0.338. The fourth-order valence-corrected chi connectivity index (χ4v) is 2.44. The Morgan fingerprint density at radius 2 is 1.68 bits per heavy atom. The molecule has 3 N–H and O–H groups in total. The van der Waals surface area contributed by atoms with E-state index in [1.54, 1.807) is 27.4 Å². The molecule has 0 aliphatic carbocycles. The van der Waals surface area contributed by atoms with Crippen LogP contribution in [-0.2, 0) is 13.0 Å². The van der Waals surface area contributed by atoms with Gasteiger partial charge in [0.1, 0.15) is 5.75 Å². The molecule has 0 fully saturated rings. The molecule has 0 aliphatic heterocycles. The second kappa shape index (κ2) is 8.82. The molecule has 6 nitrogen and oxygen atoms in total. The second-order valence-electron chi connectivity index (χ2n) is 5.40. The van der Waals surface area contributed by atoms with E-state index in [0.29, 0.717) is 29.8 Å². The van der Waals surface area contributed by atoms with Crippen molar-refractivity contribution >= 4 is 11.6 Å². The van der Waals surface area contributed by atoms with E-state index in [-0.39, 0.29) is 0 Å². The molecular weight excluding hydrogens is 318 g/mol. The Balaban J connectivity index is 2.16. The van der Waals surface area contributed by atoms with Crippen LogP contribution in [0.3, 0.4) is 0 Å². The number of anilines is 1. The number of nitrogens with one attached hydrogen (secondary N) is 1. The zero-order chi connectivity index (χ0) is 18.2. The Morgan fingerprint density at radius 3 is 2.32 bits per heavy atom. The molecule has 0 atom stereocenters. The molecule has 0 spiro atoms. The highest BCUT2D eigenvalue weighted by molar-refractivity contribution is 5.92. The van der Waals surface area contributed by atoms with Gasteiger partial charge in [-0.2, -0.15) is 0 Å². The zero-order valence-corrected chi connectivity index (χ0v) is 15.1. The number of guanidine groups is 1. The lowest BCUT2D eigenvalue weighted by atomic mass is 10.1. The first kappa shape index (κ1) is 18.4. The molecule has 0 heterocycles. The quantitative estimate of drug-likeness (QED) is 0.596.